The first-order valence-corrected chi connectivity index (χ1v) is 7.06. The smallest absolute Gasteiger partial charge is 0.207 e. The Hall–Kier alpha value is -3.00. The van der Waals surface area contributed by atoms with Gasteiger partial charge in [0.2, 0.25) is 5.43 Å². The van der Waals surface area contributed by atoms with Crippen LogP contribution in [0.25, 0.3) is 10.9 Å². The van der Waals surface area contributed by atoms with Gasteiger partial charge in [-0.3, -0.25) is 4.79 Å². The summed E-state index contributed by atoms with van der Waals surface area (Å²) in [6.45, 7) is 0.445. The molecule has 1 heterocycles. The number of aryl methyl sites for hydroxylation is 2. The van der Waals surface area contributed by atoms with Crippen LogP contribution in [0.3, 0.4) is 0 Å². The molecule has 0 saturated heterocycles. The summed E-state index contributed by atoms with van der Waals surface area (Å²) in [4.78, 5) is 12.1. The van der Waals surface area contributed by atoms with Gasteiger partial charge in [0.25, 0.3) is 0 Å². The summed E-state index contributed by atoms with van der Waals surface area (Å²) in [5.74, 6) is -1.76. The van der Waals surface area contributed by atoms with Crippen molar-refractivity contribution in [2.24, 2.45) is 0 Å². The molecule has 3 aromatic rings. The Morgan fingerprint density at radius 1 is 1.09 bits per heavy atom. The number of benzene rings is 2. The molecule has 0 aliphatic rings. The molecular weight excluding hydrogens is 298 g/mol. The molecule has 0 amide bonds. The average Bonchev–Trinajstić information content (AvgIpc) is 2.57. The third-order valence-corrected chi connectivity index (χ3v) is 3.73. The van der Waals surface area contributed by atoms with E-state index in [0.29, 0.717) is 29.4 Å². The lowest BCUT2D eigenvalue weighted by Crippen LogP contribution is -2.13. The molecule has 0 saturated carbocycles. The normalized spacial score (nSPS) is 10.7. The number of nitriles is 1. The van der Waals surface area contributed by atoms with Gasteiger partial charge in [-0.2, -0.15) is 5.26 Å². The lowest BCUT2D eigenvalue weighted by molar-refractivity contribution is 0.506. The molecular formula is C18H12F2N2O. The first-order chi connectivity index (χ1) is 11.1. The molecule has 3 rings (SSSR count). The number of rotatable bonds is 3. The van der Waals surface area contributed by atoms with Crippen molar-refractivity contribution in [1.29, 1.82) is 5.26 Å². The topological polar surface area (TPSA) is 45.8 Å². The molecule has 0 aliphatic heterocycles. The summed E-state index contributed by atoms with van der Waals surface area (Å²) in [6.07, 6.45) is 1.96. The van der Waals surface area contributed by atoms with Crippen molar-refractivity contribution in [2.75, 3.05) is 0 Å². The molecule has 23 heavy (non-hydrogen) atoms. The van der Waals surface area contributed by atoms with E-state index in [1.807, 2.05) is 12.1 Å². The fourth-order valence-corrected chi connectivity index (χ4v) is 2.55. The van der Waals surface area contributed by atoms with E-state index in [1.54, 1.807) is 22.8 Å². The molecule has 0 spiro atoms. The van der Waals surface area contributed by atoms with Gasteiger partial charge in [0, 0.05) is 18.1 Å². The molecule has 5 heteroatoms. The van der Waals surface area contributed by atoms with Gasteiger partial charge in [-0.05, 0) is 36.2 Å². The molecule has 2 aromatic carbocycles. The molecule has 0 bridgehead atoms. The van der Waals surface area contributed by atoms with Gasteiger partial charge in [0.15, 0.2) is 11.6 Å². The van der Waals surface area contributed by atoms with Gasteiger partial charge in [-0.25, -0.2) is 8.78 Å². The zero-order chi connectivity index (χ0) is 16.4. The number of hydrogen-bond acceptors (Lipinski definition) is 2. The molecule has 0 unspecified atom stereocenters. The second-order valence-electron chi connectivity index (χ2n) is 5.19. The van der Waals surface area contributed by atoms with Gasteiger partial charge in [0.1, 0.15) is 11.6 Å². The van der Waals surface area contributed by atoms with Crippen LogP contribution < -0.4 is 5.43 Å². The van der Waals surface area contributed by atoms with Gasteiger partial charge in [0.05, 0.1) is 5.52 Å². The number of fused-ring (bicyclic) bond motifs is 1. The van der Waals surface area contributed by atoms with Gasteiger partial charge >= 0.3 is 0 Å². The van der Waals surface area contributed by atoms with E-state index in [-0.39, 0.29) is 11.0 Å². The number of hydrogen-bond donors (Lipinski definition) is 0. The van der Waals surface area contributed by atoms with Gasteiger partial charge in [-0.1, -0.05) is 18.2 Å². The Morgan fingerprint density at radius 3 is 2.61 bits per heavy atom. The number of pyridine rings is 1. The van der Waals surface area contributed by atoms with Crippen LogP contribution in [0.2, 0.25) is 0 Å². The fraction of sp³-hybridized carbons (Fsp3) is 0.111. The van der Waals surface area contributed by atoms with Crippen LogP contribution in [0.5, 0.6) is 0 Å². The van der Waals surface area contributed by atoms with E-state index < -0.39 is 11.6 Å². The monoisotopic (exact) mass is 310 g/mol. The molecule has 0 aliphatic carbocycles. The summed E-state index contributed by atoms with van der Waals surface area (Å²) in [5, 5.41) is 9.57. The van der Waals surface area contributed by atoms with Gasteiger partial charge < -0.3 is 4.57 Å². The van der Waals surface area contributed by atoms with E-state index in [9.17, 15) is 13.6 Å². The maximum absolute atomic E-state index is 13.3. The number of aromatic nitrogens is 1. The summed E-state index contributed by atoms with van der Waals surface area (Å²) in [5.41, 5.74) is 1.12. The second-order valence-corrected chi connectivity index (χ2v) is 5.19. The zero-order valence-electron chi connectivity index (χ0n) is 12.1. The van der Waals surface area contributed by atoms with Crippen molar-refractivity contribution in [3.8, 4) is 6.07 Å². The summed E-state index contributed by atoms with van der Waals surface area (Å²) >= 11 is 0. The Balaban J connectivity index is 2.00. The molecule has 0 fully saturated rings. The zero-order valence-corrected chi connectivity index (χ0v) is 12.1. The quantitative estimate of drug-likeness (QED) is 0.744. The molecule has 0 atom stereocenters. The second kappa shape index (κ2) is 6.01. The van der Waals surface area contributed by atoms with Crippen LogP contribution in [0.4, 0.5) is 8.78 Å². The summed E-state index contributed by atoms with van der Waals surface area (Å²) < 4.78 is 28.0. The number of para-hydroxylation sites is 1. The maximum atomic E-state index is 13.3. The van der Waals surface area contributed by atoms with Crippen LogP contribution in [0.1, 0.15) is 11.1 Å². The van der Waals surface area contributed by atoms with Crippen molar-refractivity contribution >= 4 is 10.9 Å². The van der Waals surface area contributed by atoms with Gasteiger partial charge in [-0.15, -0.1) is 0 Å². The number of nitrogens with zero attached hydrogens (tertiary/aromatic N) is 2. The molecule has 1 aromatic heterocycles. The van der Waals surface area contributed by atoms with Crippen molar-refractivity contribution in [3.63, 3.8) is 0 Å². The first kappa shape index (κ1) is 14.9. The van der Waals surface area contributed by atoms with Crippen molar-refractivity contribution < 1.29 is 8.78 Å². The Bertz CT molecular complexity index is 986. The standard InChI is InChI=1S/C18H12F2N2O/c19-15-6-5-12(9-16(15)20)7-8-22-11-13(10-21)18(23)14-3-1-2-4-17(14)22/h1-6,9,11H,7-8H2. The maximum Gasteiger partial charge on any atom is 0.207 e. The average molecular weight is 310 g/mol. The molecule has 0 N–H and O–H groups in total. The van der Waals surface area contributed by atoms with E-state index >= 15 is 0 Å². The van der Waals surface area contributed by atoms with E-state index in [4.69, 9.17) is 5.26 Å². The van der Waals surface area contributed by atoms with Crippen molar-refractivity contribution in [2.45, 2.75) is 13.0 Å². The van der Waals surface area contributed by atoms with Crippen LogP contribution in [0, 0.1) is 23.0 Å². The Labute approximate surface area is 131 Å². The van der Waals surface area contributed by atoms with E-state index in [2.05, 4.69) is 0 Å². The number of halogens is 2. The lowest BCUT2D eigenvalue weighted by atomic mass is 10.1. The molecule has 3 nitrogen and oxygen atoms in total. The fourth-order valence-electron chi connectivity index (χ4n) is 2.55. The third kappa shape index (κ3) is 2.84. The van der Waals surface area contributed by atoms with E-state index in [1.165, 1.54) is 12.3 Å². The highest BCUT2D eigenvalue weighted by atomic mass is 19.2. The Morgan fingerprint density at radius 2 is 1.87 bits per heavy atom. The minimum Gasteiger partial charge on any atom is -0.346 e. The third-order valence-electron chi connectivity index (χ3n) is 3.73. The molecule has 114 valence electrons. The highest BCUT2D eigenvalue weighted by molar-refractivity contribution is 5.80. The minimum absolute atomic E-state index is 0.0639. The molecule has 0 radical (unpaired) electrons. The highest BCUT2D eigenvalue weighted by Gasteiger charge is 2.09. The lowest BCUT2D eigenvalue weighted by Gasteiger charge is -2.11. The van der Waals surface area contributed by atoms with Crippen LogP contribution in [-0.4, -0.2) is 4.57 Å². The summed E-state index contributed by atoms with van der Waals surface area (Å²) in [7, 11) is 0. The predicted octanol–water partition coefficient (Wildman–Crippen LogP) is 3.39. The first-order valence-electron chi connectivity index (χ1n) is 7.06. The van der Waals surface area contributed by atoms with Crippen molar-refractivity contribution in [3.05, 3.63) is 81.6 Å². The van der Waals surface area contributed by atoms with Crippen LogP contribution in [-0.2, 0) is 13.0 Å². The van der Waals surface area contributed by atoms with Crippen LogP contribution >= 0.6 is 0 Å². The summed E-state index contributed by atoms with van der Waals surface area (Å²) in [6, 6.07) is 12.7. The minimum atomic E-state index is -0.884. The Kier molecular flexibility index (Phi) is 3.90. The van der Waals surface area contributed by atoms with E-state index in [0.717, 1.165) is 12.1 Å². The largest absolute Gasteiger partial charge is 0.346 e. The van der Waals surface area contributed by atoms with Crippen molar-refractivity contribution in [1.82, 2.24) is 4.57 Å². The highest BCUT2D eigenvalue weighted by Crippen LogP contribution is 2.14. The predicted molar refractivity (Wildman–Crippen MR) is 83.0 cm³/mol. The van der Waals surface area contributed by atoms with Crippen LogP contribution in [0.15, 0.2) is 53.5 Å². The SMILES string of the molecule is N#Cc1cn(CCc2ccc(F)c(F)c2)c2ccccc2c1=O.